The number of thiophene rings is 1. The van der Waals surface area contributed by atoms with Crippen LogP contribution in [0, 0.1) is 0 Å². The lowest BCUT2D eigenvalue weighted by atomic mass is 10.3. The fourth-order valence-corrected chi connectivity index (χ4v) is 4.46. The van der Waals surface area contributed by atoms with E-state index < -0.39 is 32.6 Å². The summed E-state index contributed by atoms with van der Waals surface area (Å²) in [6, 6.07) is 2.23. The number of halogens is 1. The lowest BCUT2D eigenvalue weighted by Crippen LogP contribution is -2.16. The van der Waals surface area contributed by atoms with Crippen LogP contribution in [0.5, 0.6) is 0 Å². The van der Waals surface area contributed by atoms with Gasteiger partial charge in [-0.15, -0.1) is 11.3 Å². The second-order valence-electron chi connectivity index (χ2n) is 3.69. The van der Waals surface area contributed by atoms with E-state index in [1.54, 1.807) is 0 Å². The van der Waals surface area contributed by atoms with Crippen molar-refractivity contribution < 1.29 is 27.5 Å². The zero-order chi connectivity index (χ0) is 15.8. The van der Waals surface area contributed by atoms with Crippen molar-refractivity contribution >= 4 is 54.2 Å². The number of primary amides is 1. The molecule has 0 spiro atoms. The van der Waals surface area contributed by atoms with Crippen LogP contribution in [0.2, 0.25) is 0 Å². The predicted molar refractivity (Wildman–Crippen MR) is 77.0 cm³/mol. The number of carbonyl (C=O) groups is 2. The number of hydrogen-bond donors (Lipinski definition) is 3. The van der Waals surface area contributed by atoms with Crippen LogP contribution in [-0.2, 0) is 10.0 Å². The number of carbonyl (C=O) groups excluding carboxylic acids is 1. The van der Waals surface area contributed by atoms with Gasteiger partial charge in [0.2, 0.25) is 5.76 Å². The highest BCUT2D eigenvalue weighted by atomic mass is 79.9. The number of carboxylic acids is 1. The molecular formula is C10H7BrN2O6S2. The molecule has 4 N–H and O–H groups in total. The second-order valence-corrected chi connectivity index (χ2v) is 6.97. The Labute approximate surface area is 130 Å². The van der Waals surface area contributed by atoms with E-state index in [2.05, 4.69) is 20.7 Å². The van der Waals surface area contributed by atoms with E-state index in [0.717, 1.165) is 17.4 Å². The minimum absolute atomic E-state index is 0.0154. The van der Waals surface area contributed by atoms with Gasteiger partial charge in [-0.2, -0.15) is 0 Å². The highest BCUT2D eigenvalue weighted by Crippen LogP contribution is 2.30. The van der Waals surface area contributed by atoms with Gasteiger partial charge in [-0.3, -0.25) is 9.52 Å². The number of amides is 1. The van der Waals surface area contributed by atoms with Gasteiger partial charge in [-0.05, 0) is 27.4 Å². The lowest BCUT2D eigenvalue weighted by Gasteiger charge is -2.05. The molecule has 0 radical (unpaired) electrons. The number of hydrogen-bond acceptors (Lipinski definition) is 6. The molecule has 0 aromatic carbocycles. The van der Waals surface area contributed by atoms with Crippen LogP contribution in [0.4, 0.5) is 5.00 Å². The molecule has 2 aromatic rings. The molecule has 0 saturated carbocycles. The SMILES string of the molecule is NC(=O)c1ccsc1NS(=O)(=O)c1cc(C(=O)O)oc1Br. The number of nitrogens with two attached hydrogens (primary N) is 1. The molecule has 11 heteroatoms. The highest BCUT2D eigenvalue weighted by Gasteiger charge is 2.26. The second kappa shape index (κ2) is 5.50. The van der Waals surface area contributed by atoms with Crippen molar-refractivity contribution in [2.75, 3.05) is 4.72 Å². The third kappa shape index (κ3) is 3.09. The molecule has 0 aliphatic heterocycles. The van der Waals surface area contributed by atoms with E-state index in [4.69, 9.17) is 15.3 Å². The monoisotopic (exact) mass is 394 g/mol. The average molecular weight is 395 g/mol. The summed E-state index contributed by atoms with van der Waals surface area (Å²) >= 11 is 3.80. The van der Waals surface area contributed by atoms with Crippen LogP contribution in [0.1, 0.15) is 20.9 Å². The Balaban J connectivity index is 2.41. The summed E-state index contributed by atoms with van der Waals surface area (Å²) in [6.45, 7) is 0. The Morgan fingerprint density at radius 2 is 2.10 bits per heavy atom. The highest BCUT2D eigenvalue weighted by molar-refractivity contribution is 9.10. The van der Waals surface area contributed by atoms with Crippen molar-refractivity contribution in [3.8, 4) is 0 Å². The number of aromatic carboxylic acids is 1. The molecule has 2 heterocycles. The van der Waals surface area contributed by atoms with E-state index in [-0.39, 0.29) is 15.2 Å². The first-order valence-corrected chi connectivity index (χ1v) is 8.30. The van der Waals surface area contributed by atoms with Gasteiger partial charge < -0.3 is 15.3 Å². The summed E-state index contributed by atoms with van der Waals surface area (Å²) < 4.78 is 31.1. The van der Waals surface area contributed by atoms with Crippen LogP contribution in [0.25, 0.3) is 0 Å². The van der Waals surface area contributed by atoms with Crippen LogP contribution >= 0.6 is 27.3 Å². The molecule has 1 amide bonds. The molecule has 0 unspecified atom stereocenters. The van der Waals surface area contributed by atoms with Gasteiger partial charge >= 0.3 is 5.97 Å². The predicted octanol–water partition coefficient (Wildman–Crippen LogP) is 1.70. The third-order valence-electron chi connectivity index (χ3n) is 2.31. The fourth-order valence-electron chi connectivity index (χ4n) is 1.40. The first kappa shape index (κ1) is 15.5. The lowest BCUT2D eigenvalue weighted by molar-refractivity contribution is 0.0660. The zero-order valence-electron chi connectivity index (χ0n) is 9.99. The van der Waals surface area contributed by atoms with Gasteiger partial charge in [0, 0.05) is 6.07 Å². The van der Waals surface area contributed by atoms with Crippen LogP contribution in [0.15, 0.2) is 31.5 Å². The quantitative estimate of drug-likeness (QED) is 0.704. The van der Waals surface area contributed by atoms with Crippen molar-refractivity contribution in [2.45, 2.75) is 4.90 Å². The molecule has 21 heavy (non-hydrogen) atoms. The molecule has 8 nitrogen and oxygen atoms in total. The Morgan fingerprint density at radius 1 is 1.43 bits per heavy atom. The van der Waals surface area contributed by atoms with Gasteiger partial charge in [0.1, 0.15) is 9.90 Å². The van der Waals surface area contributed by atoms with Gasteiger partial charge in [0.05, 0.1) is 5.56 Å². The molecular weight excluding hydrogens is 388 g/mol. The molecule has 2 rings (SSSR count). The molecule has 0 aliphatic rings. The van der Waals surface area contributed by atoms with E-state index in [1.807, 2.05) is 0 Å². The number of nitrogens with one attached hydrogen (secondary N) is 1. The summed E-state index contributed by atoms with van der Waals surface area (Å²) in [6.07, 6.45) is 0. The van der Waals surface area contributed by atoms with Crippen molar-refractivity contribution in [2.24, 2.45) is 5.73 Å². The molecule has 0 aliphatic carbocycles. The molecule has 112 valence electrons. The van der Waals surface area contributed by atoms with Gasteiger partial charge in [-0.25, -0.2) is 13.2 Å². The Hall–Kier alpha value is -1.85. The summed E-state index contributed by atoms with van der Waals surface area (Å²) in [5, 5.41) is 10.3. The van der Waals surface area contributed by atoms with E-state index >= 15 is 0 Å². The summed E-state index contributed by atoms with van der Waals surface area (Å²) in [4.78, 5) is 21.5. The van der Waals surface area contributed by atoms with Gasteiger partial charge in [0.15, 0.2) is 4.67 Å². The van der Waals surface area contributed by atoms with Crippen molar-refractivity contribution in [3.63, 3.8) is 0 Å². The maximum Gasteiger partial charge on any atom is 0.371 e. The Morgan fingerprint density at radius 3 is 2.62 bits per heavy atom. The normalized spacial score (nSPS) is 11.3. The molecule has 0 fully saturated rings. The summed E-state index contributed by atoms with van der Waals surface area (Å²) in [5.41, 5.74) is 5.13. The zero-order valence-corrected chi connectivity index (χ0v) is 13.2. The smallest absolute Gasteiger partial charge is 0.371 e. The molecule has 0 saturated heterocycles. The number of carboxylic acid groups (broad SMARTS) is 1. The van der Waals surface area contributed by atoms with Crippen molar-refractivity contribution in [1.29, 1.82) is 0 Å². The van der Waals surface area contributed by atoms with Crippen LogP contribution < -0.4 is 10.5 Å². The topological polar surface area (TPSA) is 140 Å². The number of furan rings is 1. The molecule has 0 bridgehead atoms. The Bertz CT molecular complexity index is 822. The van der Waals surface area contributed by atoms with E-state index in [0.29, 0.717) is 0 Å². The number of sulfonamides is 1. The molecule has 0 atom stereocenters. The standard InChI is InChI=1S/C10H7BrN2O6S2/c11-7-6(3-5(19-7)10(15)16)21(17,18)13-9-4(8(12)14)1-2-20-9/h1-3,13H,(H2,12,14)(H,15,16). The number of rotatable bonds is 5. The van der Waals surface area contributed by atoms with Crippen LogP contribution in [-0.4, -0.2) is 25.4 Å². The van der Waals surface area contributed by atoms with Crippen LogP contribution in [0.3, 0.4) is 0 Å². The average Bonchev–Trinajstić information content (AvgIpc) is 2.95. The first-order valence-electron chi connectivity index (χ1n) is 5.15. The third-order valence-corrected chi connectivity index (χ3v) is 5.48. The van der Waals surface area contributed by atoms with E-state index in [9.17, 15) is 18.0 Å². The largest absolute Gasteiger partial charge is 0.475 e. The summed E-state index contributed by atoms with van der Waals surface area (Å²) in [5.74, 6) is -2.74. The first-order chi connectivity index (χ1) is 9.72. The van der Waals surface area contributed by atoms with Crippen molar-refractivity contribution in [3.05, 3.63) is 33.5 Å². The van der Waals surface area contributed by atoms with E-state index in [1.165, 1.54) is 11.4 Å². The summed E-state index contributed by atoms with van der Waals surface area (Å²) in [7, 11) is -4.13. The van der Waals surface area contributed by atoms with Gasteiger partial charge in [-0.1, -0.05) is 0 Å². The minimum atomic E-state index is -4.13. The maximum absolute atomic E-state index is 12.2. The Kier molecular flexibility index (Phi) is 4.07. The van der Waals surface area contributed by atoms with Gasteiger partial charge in [0.25, 0.3) is 15.9 Å². The maximum atomic E-state index is 12.2. The number of anilines is 1. The minimum Gasteiger partial charge on any atom is -0.475 e. The molecule has 2 aromatic heterocycles. The van der Waals surface area contributed by atoms with Crippen molar-refractivity contribution in [1.82, 2.24) is 0 Å². The fraction of sp³-hybridized carbons (Fsp3) is 0.